The summed E-state index contributed by atoms with van der Waals surface area (Å²) in [4.78, 5) is 44.5. The summed E-state index contributed by atoms with van der Waals surface area (Å²) in [6.07, 6.45) is 1.67. The number of Topliss-reactive ketones (excluding diaryl/α,β-unsaturated/α-hetero) is 3. The monoisotopic (exact) mass is 515 g/mol. The van der Waals surface area contributed by atoms with Gasteiger partial charge in [-0.05, 0) is 49.2 Å². The maximum atomic E-state index is 14.2. The number of carbonyl (C=O) groups excluding carboxylic acids is 3. The van der Waals surface area contributed by atoms with Crippen LogP contribution in [0.1, 0.15) is 55.4 Å². The number of hydrogen-bond donors (Lipinski definition) is 1. The third-order valence-electron chi connectivity index (χ3n) is 7.75. The molecule has 2 fully saturated rings. The zero-order chi connectivity index (χ0) is 23.6. The Labute approximate surface area is 205 Å². The molecule has 34 heavy (non-hydrogen) atoms. The molecule has 2 aliphatic heterocycles. The summed E-state index contributed by atoms with van der Waals surface area (Å²) in [5.74, 6) is -2.09. The van der Waals surface area contributed by atoms with E-state index < -0.39 is 11.5 Å². The summed E-state index contributed by atoms with van der Waals surface area (Å²) in [6, 6.07) is 20.8. The molecule has 1 aliphatic carbocycles. The first-order valence-electron chi connectivity index (χ1n) is 11.5. The number of carbonyl (C=O) groups is 3. The Hall–Kier alpha value is -3.09. The second kappa shape index (κ2) is 7.72. The van der Waals surface area contributed by atoms with Gasteiger partial charge in [-0.25, -0.2) is 0 Å². The summed E-state index contributed by atoms with van der Waals surface area (Å²) in [5.41, 5.74) is 0.466. The Kier molecular flexibility index (Phi) is 4.87. The molecule has 3 aliphatic rings. The minimum absolute atomic E-state index is 0.0223. The van der Waals surface area contributed by atoms with Crippen LogP contribution in [0.3, 0.4) is 0 Å². The maximum absolute atomic E-state index is 14.2. The molecule has 0 aromatic heterocycles. The molecule has 3 atom stereocenters. The van der Waals surface area contributed by atoms with Crippen LogP contribution >= 0.6 is 15.9 Å². The Morgan fingerprint density at radius 3 is 2.26 bits per heavy atom. The van der Waals surface area contributed by atoms with Crippen LogP contribution in [0.2, 0.25) is 0 Å². The van der Waals surface area contributed by atoms with Crippen molar-refractivity contribution in [3.05, 3.63) is 99.5 Å². The van der Waals surface area contributed by atoms with E-state index in [4.69, 9.17) is 0 Å². The van der Waals surface area contributed by atoms with Crippen molar-refractivity contribution < 1.29 is 19.5 Å². The summed E-state index contributed by atoms with van der Waals surface area (Å²) in [5, 5.41) is 10.1. The van der Waals surface area contributed by atoms with Crippen molar-refractivity contribution in [2.24, 2.45) is 5.92 Å². The lowest BCUT2D eigenvalue weighted by Gasteiger charge is -2.35. The molecule has 0 amide bonds. The zero-order valence-corrected chi connectivity index (χ0v) is 19.9. The van der Waals surface area contributed by atoms with Crippen LogP contribution in [-0.4, -0.2) is 45.5 Å². The Bertz CT molecular complexity index is 1310. The van der Waals surface area contributed by atoms with E-state index >= 15 is 0 Å². The quantitative estimate of drug-likeness (QED) is 0.391. The number of benzene rings is 3. The number of phenols is 1. The van der Waals surface area contributed by atoms with Crippen LogP contribution in [0, 0.1) is 5.92 Å². The lowest BCUT2D eigenvalue weighted by molar-refractivity contribution is 0.0472. The highest BCUT2D eigenvalue weighted by Crippen LogP contribution is 2.57. The average molecular weight is 516 g/mol. The van der Waals surface area contributed by atoms with Gasteiger partial charge in [-0.15, -0.1) is 0 Å². The van der Waals surface area contributed by atoms with E-state index in [0.717, 1.165) is 22.9 Å². The number of halogens is 1. The second-order valence-electron chi connectivity index (χ2n) is 9.34. The molecular formula is C28H22BrNO4. The molecule has 3 aromatic carbocycles. The minimum atomic E-state index is -1.56. The van der Waals surface area contributed by atoms with Crippen LogP contribution in [0.5, 0.6) is 5.75 Å². The Morgan fingerprint density at radius 1 is 0.941 bits per heavy atom. The molecule has 2 saturated heterocycles. The van der Waals surface area contributed by atoms with Gasteiger partial charge in [0.1, 0.15) is 5.75 Å². The smallest absolute Gasteiger partial charge is 0.192 e. The fraction of sp³-hybridized carbons (Fsp3) is 0.250. The SMILES string of the molecule is O=C(c1cccc(O)c1)C1C(c2ccc(Br)cc2)C2CCCN2C12C(=O)c1ccccc1C2=O. The highest BCUT2D eigenvalue weighted by molar-refractivity contribution is 9.10. The van der Waals surface area contributed by atoms with Gasteiger partial charge < -0.3 is 5.11 Å². The van der Waals surface area contributed by atoms with Crippen molar-refractivity contribution in [2.45, 2.75) is 30.3 Å². The van der Waals surface area contributed by atoms with Crippen molar-refractivity contribution in [1.29, 1.82) is 0 Å². The van der Waals surface area contributed by atoms with Gasteiger partial charge in [0.25, 0.3) is 0 Å². The molecule has 1 spiro atoms. The highest BCUT2D eigenvalue weighted by atomic mass is 79.9. The molecule has 0 saturated carbocycles. The van der Waals surface area contributed by atoms with Crippen molar-refractivity contribution in [3.63, 3.8) is 0 Å². The lowest BCUT2D eigenvalue weighted by atomic mass is 9.69. The average Bonchev–Trinajstić information content (AvgIpc) is 3.49. The van der Waals surface area contributed by atoms with Gasteiger partial charge in [-0.3, -0.25) is 19.3 Å². The third-order valence-corrected chi connectivity index (χ3v) is 8.28. The Balaban J connectivity index is 1.61. The van der Waals surface area contributed by atoms with Gasteiger partial charge in [0.05, 0.1) is 5.92 Å². The topological polar surface area (TPSA) is 74.7 Å². The number of fused-ring (bicyclic) bond motifs is 3. The van der Waals surface area contributed by atoms with Crippen LogP contribution in [0.15, 0.2) is 77.3 Å². The zero-order valence-electron chi connectivity index (χ0n) is 18.3. The van der Waals surface area contributed by atoms with E-state index in [0.29, 0.717) is 23.2 Å². The van der Waals surface area contributed by atoms with Crippen molar-refractivity contribution in [2.75, 3.05) is 6.54 Å². The molecule has 6 rings (SSSR count). The first-order valence-corrected chi connectivity index (χ1v) is 12.3. The van der Waals surface area contributed by atoms with Crippen LogP contribution in [-0.2, 0) is 0 Å². The fourth-order valence-corrected chi connectivity index (χ4v) is 6.76. The van der Waals surface area contributed by atoms with E-state index in [1.165, 1.54) is 12.1 Å². The molecule has 2 heterocycles. The van der Waals surface area contributed by atoms with Gasteiger partial charge in [0.2, 0.25) is 0 Å². The van der Waals surface area contributed by atoms with Crippen molar-refractivity contribution in [1.82, 2.24) is 4.90 Å². The predicted octanol–water partition coefficient (Wildman–Crippen LogP) is 5.03. The van der Waals surface area contributed by atoms with Crippen LogP contribution < -0.4 is 0 Å². The van der Waals surface area contributed by atoms with Gasteiger partial charge >= 0.3 is 0 Å². The first kappa shape index (κ1) is 21.4. The van der Waals surface area contributed by atoms with E-state index in [-0.39, 0.29) is 35.1 Å². The molecule has 3 aromatic rings. The molecular weight excluding hydrogens is 494 g/mol. The minimum Gasteiger partial charge on any atom is -0.508 e. The fourth-order valence-electron chi connectivity index (χ4n) is 6.49. The summed E-state index contributed by atoms with van der Waals surface area (Å²) in [6.45, 7) is 0.590. The molecule has 170 valence electrons. The van der Waals surface area contributed by atoms with E-state index in [2.05, 4.69) is 15.9 Å². The summed E-state index contributed by atoms with van der Waals surface area (Å²) in [7, 11) is 0. The molecule has 5 nitrogen and oxygen atoms in total. The summed E-state index contributed by atoms with van der Waals surface area (Å²) >= 11 is 3.48. The van der Waals surface area contributed by atoms with Gasteiger partial charge in [0.15, 0.2) is 22.9 Å². The molecule has 0 radical (unpaired) electrons. The number of ketones is 3. The number of aromatic hydroxyl groups is 1. The summed E-state index contributed by atoms with van der Waals surface area (Å²) < 4.78 is 0.920. The number of nitrogens with zero attached hydrogens (tertiary/aromatic N) is 1. The molecule has 1 N–H and O–H groups in total. The standard InChI is InChI=1S/C28H22BrNO4/c29-18-12-10-16(11-13-18)23-22-9-4-14-30(22)28(24(23)25(32)17-5-3-6-19(31)15-17)26(33)20-7-1-2-8-21(20)27(28)34/h1-3,5-8,10-13,15,22-24,31H,4,9,14H2. The van der Waals surface area contributed by atoms with E-state index in [1.807, 2.05) is 29.2 Å². The van der Waals surface area contributed by atoms with Crippen molar-refractivity contribution >= 4 is 33.3 Å². The van der Waals surface area contributed by atoms with Crippen molar-refractivity contribution in [3.8, 4) is 5.75 Å². The molecule has 0 bridgehead atoms. The maximum Gasteiger partial charge on any atom is 0.192 e. The van der Waals surface area contributed by atoms with E-state index in [1.54, 1.807) is 36.4 Å². The molecule has 6 heteroatoms. The van der Waals surface area contributed by atoms with Crippen LogP contribution in [0.4, 0.5) is 0 Å². The van der Waals surface area contributed by atoms with Crippen LogP contribution in [0.25, 0.3) is 0 Å². The lowest BCUT2D eigenvalue weighted by Crippen LogP contribution is -2.58. The second-order valence-corrected chi connectivity index (χ2v) is 10.3. The first-order chi connectivity index (χ1) is 16.4. The van der Waals surface area contributed by atoms with Gasteiger partial charge in [-0.1, -0.05) is 64.5 Å². The highest BCUT2D eigenvalue weighted by Gasteiger charge is 2.72. The number of phenolic OH excluding ortho intramolecular Hbond substituents is 1. The Morgan fingerprint density at radius 2 is 1.62 bits per heavy atom. The van der Waals surface area contributed by atoms with Gasteiger partial charge in [-0.2, -0.15) is 0 Å². The number of rotatable bonds is 3. The van der Waals surface area contributed by atoms with Gasteiger partial charge in [0, 0.05) is 33.1 Å². The van der Waals surface area contributed by atoms with E-state index in [9.17, 15) is 19.5 Å². The predicted molar refractivity (Wildman–Crippen MR) is 130 cm³/mol. The normalized spacial score (nSPS) is 25.0. The molecule has 3 unspecified atom stereocenters. The number of hydrogen-bond acceptors (Lipinski definition) is 5. The third kappa shape index (κ3) is 2.79. The largest absolute Gasteiger partial charge is 0.508 e.